The van der Waals surface area contributed by atoms with Crippen LogP contribution in [0.5, 0.6) is 0 Å². The number of hydrogen-bond acceptors (Lipinski definition) is 6. The summed E-state index contributed by atoms with van der Waals surface area (Å²) in [7, 11) is 1.23. The molecule has 0 amide bonds. The van der Waals surface area contributed by atoms with E-state index in [9.17, 15) is 9.59 Å². The summed E-state index contributed by atoms with van der Waals surface area (Å²) in [4.78, 5) is 26.7. The molecule has 0 aliphatic carbocycles. The number of nitrogens with zero attached hydrogens (tertiary/aromatic N) is 1. The van der Waals surface area contributed by atoms with E-state index in [1.54, 1.807) is 13.0 Å². The lowest BCUT2D eigenvalue weighted by molar-refractivity contribution is -0.142. The minimum atomic E-state index is -0.638. The van der Waals surface area contributed by atoms with Crippen molar-refractivity contribution >= 4 is 11.9 Å². The molecule has 0 spiro atoms. The topological polar surface area (TPSA) is 78.6 Å². The SMILES string of the molecule is C=CCCOC(=O)Cc1oc(C)nc1C(=O)OC. The van der Waals surface area contributed by atoms with E-state index in [1.807, 2.05) is 0 Å². The number of hydrogen-bond donors (Lipinski definition) is 0. The fraction of sp³-hybridized carbons (Fsp3) is 0.417. The molecule has 0 bridgehead atoms. The molecule has 0 saturated carbocycles. The quantitative estimate of drug-likeness (QED) is 0.433. The van der Waals surface area contributed by atoms with E-state index in [0.29, 0.717) is 12.3 Å². The predicted molar refractivity (Wildman–Crippen MR) is 62.1 cm³/mol. The zero-order chi connectivity index (χ0) is 13.5. The lowest BCUT2D eigenvalue weighted by Gasteiger charge is -2.02. The van der Waals surface area contributed by atoms with E-state index < -0.39 is 11.9 Å². The highest BCUT2D eigenvalue weighted by molar-refractivity contribution is 5.89. The molecule has 0 fully saturated rings. The smallest absolute Gasteiger partial charge is 0.360 e. The number of methoxy groups -OCH3 is 1. The fourth-order valence-corrected chi connectivity index (χ4v) is 1.28. The molecule has 0 atom stereocenters. The maximum Gasteiger partial charge on any atom is 0.360 e. The summed E-state index contributed by atoms with van der Waals surface area (Å²) in [5.41, 5.74) is 0.00988. The molecule has 0 aliphatic heterocycles. The third kappa shape index (κ3) is 3.73. The summed E-state index contributed by atoms with van der Waals surface area (Å²) in [5.74, 6) is -0.675. The normalized spacial score (nSPS) is 9.89. The van der Waals surface area contributed by atoms with Crippen molar-refractivity contribution in [1.82, 2.24) is 4.98 Å². The van der Waals surface area contributed by atoms with Gasteiger partial charge in [-0.2, -0.15) is 0 Å². The molecule has 1 rings (SSSR count). The van der Waals surface area contributed by atoms with Crippen molar-refractivity contribution in [2.75, 3.05) is 13.7 Å². The highest BCUT2D eigenvalue weighted by atomic mass is 16.5. The minimum Gasteiger partial charge on any atom is -0.465 e. The summed E-state index contributed by atoms with van der Waals surface area (Å²) in [5, 5.41) is 0. The van der Waals surface area contributed by atoms with Crippen molar-refractivity contribution in [2.45, 2.75) is 19.8 Å². The van der Waals surface area contributed by atoms with Crippen LogP contribution in [0.4, 0.5) is 0 Å². The van der Waals surface area contributed by atoms with Crippen LogP contribution in [0, 0.1) is 6.92 Å². The number of carbonyl (C=O) groups excluding carboxylic acids is 2. The first kappa shape index (κ1) is 14.0. The number of aromatic nitrogens is 1. The second-order valence-corrected chi connectivity index (χ2v) is 3.47. The van der Waals surface area contributed by atoms with Crippen LogP contribution in [-0.4, -0.2) is 30.6 Å². The first-order valence-corrected chi connectivity index (χ1v) is 5.39. The van der Waals surface area contributed by atoms with Gasteiger partial charge in [-0.1, -0.05) is 6.08 Å². The Morgan fingerprint density at radius 3 is 2.83 bits per heavy atom. The average molecular weight is 253 g/mol. The van der Waals surface area contributed by atoms with Crippen molar-refractivity contribution in [3.63, 3.8) is 0 Å². The monoisotopic (exact) mass is 253 g/mol. The molecule has 0 radical (unpaired) electrons. The van der Waals surface area contributed by atoms with Crippen LogP contribution in [-0.2, 0) is 20.7 Å². The average Bonchev–Trinajstić information content (AvgIpc) is 2.69. The first-order valence-electron chi connectivity index (χ1n) is 5.39. The highest BCUT2D eigenvalue weighted by Gasteiger charge is 2.21. The van der Waals surface area contributed by atoms with Gasteiger partial charge in [0.15, 0.2) is 17.3 Å². The molecule has 0 aromatic carbocycles. The van der Waals surface area contributed by atoms with Gasteiger partial charge in [-0.15, -0.1) is 6.58 Å². The van der Waals surface area contributed by atoms with Crippen molar-refractivity contribution < 1.29 is 23.5 Å². The van der Waals surface area contributed by atoms with Gasteiger partial charge in [0.05, 0.1) is 13.7 Å². The highest BCUT2D eigenvalue weighted by Crippen LogP contribution is 2.13. The maximum atomic E-state index is 11.5. The summed E-state index contributed by atoms with van der Waals surface area (Å²) in [6.45, 7) is 5.35. The Balaban J connectivity index is 2.68. The molecule has 98 valence electrons. The van der Waals surface area contributed by atoms with Crippen LogP contribution in [0.1, 0.15) is 28.6 Å². The minimum absolute atomic E-state index is 0.00988. The molecule has 1 heterocycles. The van der Waals surface area contributed by atoms with Gasteiger partial charge < -0.3 is 13.9 Å². The summed E-state index contributed by atoms with van der Waals surface area (Å²) in [6, 6.07) is 0. The van der Waals surface area contributed by atoms with Crippen molar-refractivity contribution in [1.29, 1.82) is 0 Å². The number of aryl methyl sites for hydroxylation is 1. The summed E-state index contributed by atoms with van der Waals surface area (Å²) in [6.07, 6.45) is 2.07. The Morgan fingerprint density at radius 1 is 1.50 bits per heavy atom. The van der Waals surface area contributed by atoms with Crippen LogP contribution in [0.3, 0.4) is 0 Å². The summed E-state index contributed by atoms with van der Waals surface area (Å²) < 4.78 is 14.6. The third-order valence-electron chi connectivity index (χ3n) is 2.07. The van der Waals surface area contributed by atoms with E-state index in [4.69, 9.17) is 9.15 Å². The standard InChI is InChI=1S/C12H15NO5/c1-4-5-6-17-10(14)7-9-11(12(15)16-3)13-8(2)18-9/h4H,1,5-7H2,2-3H3. The lowest BCUT2D eigenvalue weighted by atomic mass is 10.2. The molecule has 6 heteroatoms. The van der Waals surface area contributed by atoms with Crippen molar-refractivity contribution in [3.8, 4) is 0 Å². The van der Waals surface area contributed by atoms with Gasteiger partial charge in [0.25, 0.3) is 0 Å². The van der Waals surface area contributed by atoms with E-state index in [1.165, 1.54) is 7.11 Å². The van der Waals surface area contributed by atoms with Gasteiger partial charge in [-0.25, -0.2) is 9.78 Å². The number of ether oxygens (including phenoxy) is 2. The molecule has 1 aromatic rings. The summed E-state index contributed by atoms with van der Waals surface area (Å²) >= 11 is 0. The molecule has 0 N–H and O–H groups in total. The van der Waals surface area contributed by atoms with Crippen LogP contribution in [0.2, 0.25) is 0 Å². The van der Waals surface area contributed by atoms with E-state index in [2.05, 4.69) is 16.3 Å². The molecular formula is C12H15NO5. The third-order valence-corrected chi connectivity index (χ3v) is 2.07. The van der Waals surface area contributed by atoms with Gasteiger partial charge in [-0.3, -0.25) is 4.79 Å². The van der Waals surface area contributed by atoms with Crippen LogP contribution in [0.25, 0.3) is 0 Å². The first-order chi connectivity index (χ1) is 8.58. The number of rotatable bonds is 6. The Bertz CT molecular complexity index is 449. The predicted octanol–water partition coefficient (Wildman–Crippen LogP) is 1.43. The Labute approximate surface area is 105 Å². The zero-order valence-corrected chi connectivity index (χ0v) is 10.4. The van der Waals surface area contributed by atoms with E-state index in [-0.39, 0.29) is 24.5 Å². The maximum absolute atomic E-state index is 11.5. The van der Waals surface area contributed by atoms with E-state index >= 15 is 0 Å². The number of oxazole rings is 1. The molecular weight excluding hydrogens is 238 g/mol. The second-order valence-electron chi connectivity index (χ2n) is 3.47. The van der Waals surface area contributed by atoms with Gasteiger partial charge in [0.2, 0.25) is 0 Å². The zero-order valence-electron chi connectivity index (χ0n) is 10.4. The molecule has 1 aromatic heterocycles. The van der Waals surface area contributed by atoms with Crippen molar-refractivity contribution in [2.24, 2.45) is 0 Å². The molecule has 18 heavy (non-hydrogen) atoms. The second kappa shape index (κ2) is 6.58. The van der Waals surface area contributed by atoms with Gasteiger partial charge in [-0.05, 0) is 6.42 Å². The van der Waals surface area contributed by atoms with E-state index in [0.717, 1.165) is 0 Å². The van der Waals surface area contributed by atoms with Gasteiger partial charge in [0.1, 0.15) is 6.42 Å². The van der Waals surface area contributed by atoms with Gasteiger partial charge >= 0.3 is 11.9 Å². The van der Waals surface area contributed by atoms with Crippen LogP contribution >= 0.6 is 0 Å². The fourth-order valence-electron chi connectivity index (χ4n) is 1.28. The molecule has 0 aliphatic rings. The Morgan fingerprint density at radius 2 is 2.22 bits per heavy atom. The Hall–Kier alpha value is -2.11. The largest absolute Gasteiger partial charge is 0.465 e. The lowest BCUT2D eigenvalue weighted by Crippen LogP contribution is -2.12. The molecule has 0 unspecified atom stereocenters. The van der Waals surface area contributed by atoms with Crippen LogP contribution < -0.4 is 0 Å². The van der Waals surface area contributed by atoms with Gasteiger partial charge in [0, 0.05) is 6.92 Å². The Kier molecular flexibility index (Phi) is 5.10. The molecule has 0 saturated heterocycles. The number of carbonyl (C=O) groups is 2. The number of esters is 2. The van der Waals surface area contributed by atoms with Crippen molar-refractivity contribution in [3.05, 3.63) is 30.0 Å². The molecule has 6 nitrogen and oxygen atoms in total. The van der Waals surface area contributed by atoms with Crippen LogP contribution in [0.15, 0.2) is 17.1 Å².